The minimum Gasteiger partial charge on any atom is -0.497 e. The molecule has 4 rings (SSSR count). The van der Waals surface area contributed by atoms with Crippen molar-refractivity contribution >= 4 is 11.1 Å². The molecule has 2 aromatic rings. The Morgan fingerprint density at radius 2 is 2.00 bits per heavy atom. The first-order valence-corrected chi connectivity index (χ1v) is 11.8. The number of fused-ring (bicyclic) bond motifs is 1. The van der Waals surface area contributed by atoms with Crippen LogP contribution in [0.2, 0.25) is 0 Å². The molecule has 0 aliphatic heterocycles. The molecular formula is C27H30F3N3O. The highest BCUT2D eigenvalue weighted by Gasteiger charge is 2.37. The molecule has 0 amide bonds. The Bertz CT molecular complexity index is 1100. The molecule has 0 spiro atoms. The lowest BCUT2D eigenvalue weighted by molar-refractivity contribution is -0.151. The van der Waals surface area contributed by atoms with E-state index >= 15 is 0 Å². The minimum atomic E-state index is -4.29. The van der Waals surface area contributed by atoms with Crippen LogP contribution in [0.1, 0.15) is 67.8 Å². The summed E-state index contributed by atoms with van der Waals surface area (Å²) in [6.45, 7) is 3.41. The van der Waals surface area contributed by atoms with Gasteiger partial charge in [0, 0.05) is 12.7 Å². The molecular weight excluding hydrogens is 439 g/mol. The lowest BCUT2D eigenvalue weighted by Gasteiger charge is -2.37. The number of pyridine rings is 1. The van der Waals surface area contributed by atoms with Crippen molar-refractivity contribution in [3.8, 4) is 11.8 Å². The molecule has 1 aromatic heterocycles. The van der Waals surface area contributed by atoms with Crippen LogP contribution >= 0.6 is 0 Å². The van der Waals surface area contributed by atoms with Crippen molar-refractivity contribution in [2.45, 2.75) is 64.2 Å². The summed E-state index contributed by atoms with van der Waals surface area (Å²) in [6, 6.07) is 10.4. The SMILES string of the molecule is COc1ccc2c(c1)C(C)C(C1CCC1)CC(c1ccc(CNC(C)C(F)(F)F)cn1)=C2C#N. The molecule has 180 valence electrons. The highest BCUT2D eigenvalue weighted by molar-refractivity contribution is 5.98. The van der Waals surface area contributed by atoms with Gasteiger partial charge in [-0.1, -0.05) is 32.3 Å². The van der Waals surface area contributed by atoms with Crippen LogP contribution in [0.5, 0.6) is 5.75 Å². The molecule has 3 unspecified atom stereocenters. The van der Waals surface area contributed by atoms with Gasteiger partial charge in [0.15, 0.2) is 0 Å². The largest absolute Gasteiger partial charge is 0.497 e. The van der Waals surface area contributed by atoms with Gasteiger partial charge in [-0.05, 0) is 77.6 Å². The third kappa shape index (κ3) is 4.83. The molecule has 34 heavy (non-hydrogen) atoms. The summed E-state index contributed by atoms with van der Waals surface area (Å²) in [7, 11) is 1.65. The standard InChI is InChI=1S/C27H30F3N3O/c1-16-22(19-5-4-6-19)12-24(25(13-31)21-9-8-20(34-3)11-23(16)21)26-10-7-18(15-33-26)14-32-17(2)27(28,29)30/h7-11,15-17,19,22,32H,4-6,12,14H2,1-3H3. The van der Waals surface area contributed by atoms with Crippen LogP contribution in [0, 0.1) is 23.2 Å². The van der Waals surface area contributed by atoms with E-state index in [0.29, 0.717) is 28.7 Å². The summed E-state index contributed by atoms with van der Waals surface area (Å²) in [5, 5.41) is 12.7. The number of alkyl halides is 3. The van der Waals surface area contributed by atoms with Gasteiger partial charge in [-0.25, -0.2) is 0 Å². The van der Waals surface area contributed by atoms with Gasteiger partial charge in [0.1, 0.15) is 17.9 Å². The zero-order valence-electron chi connectivity index (χ0n) is 19.7. The molecule has 0 bridgehead atoms. The van der Waals surface area contributed by atoms with Crippen molar-refractivity contribution < 1.29 is 17.9 Å². The maximum Gasteiger partial charge on any atom is 0.403 e. The molecule has 1 saturated carbocycles. The first kappa shape index (κ1) is 24.3. The summed E-state index contributed by atoms with van der Waals surface area (Å²) in [4.78, 5) is 4.60. The van der Waals surface area contributed by atoms with Gasteiger partial charge in [0.05, 0.1) is 18.4 Å². The second-order valence-electron chi connectivity index (χ2n) is 9.46. The van der Waals surface area contributed by atoms with Crippen LogP contribution in [-0.4, -0.2) is 24.3 Å². The van der Waals surface area contributed by atoms with Crippen molar-refractivity contribution in [3.63, 3.8) is 0 Å². The number of ether oxygens (including phenoxy) is 1. The molecule has 7 heteroatoms. The minimum absolute atomic E-state index is 0.0719. The van der Waals surface area contributed by atoms with Crippen molar-refractivity contribution in [2.75, 3.05) is 7.11 Å². The average molecular weight is 470 g/mol. The van der Waals surface area contributed by atoms with Crippen LogP contribution in [0.3, 0.4) is 0 Å². The predicted molar refractivity (Wildman–Crippen MR) is 126 cm³/mol. The van der Waals surface area contributed by atoms with E-state index in [9.17, 15) is 18.4 Å². The summed E-state index contributed by atoms with van der Waals surface area (Å²) in [5.74, 6) is 2.04. The molecule has 4 nitrogen and oxygen atoms in total. The van der Waals surface area contributed by atoms with E-state index in [2.05, 4.69) is 29.4 Å². The van der Waals surface area contributed by atoms with E-state index in [1.807, 2.05) is 18.2 Å². The lowest BCUT2D eigenvalue weighted by atomic mass is 9.67. The highest BCUT2D eigenvalue weighted by atomic mass is 19.4. The Morgan fingerprint density at radius 3 is 2.56 bits per heavy atom. The number of hydrogen-bond donors (Lipinski definition) is 1. The highest BCUT2D eigenvalue weighted by Crippen LogP contribution is 2.50. The van der Waals surface area contributed by atoms with Crippen molar-refractivity contribution in [1.82, 2.24) is 10.3 Å². The molecule has 1 fully saturated rings. The third-order valence-corrected chi connectivity index (χ3v) is 7.51. The molecule has 1 aromatic carbocycles. The Hall–Kier alpha value is -2.85. The summed E-state index contributed by atoms with van der Waals surface area (Å²) in [5.41, 5.74) is 4.96. The number of aromatic nitrogens is 1. The van der Waals surface area contributed by atoms with Crippen LogP contribution < -0.4 is 10.1 Å². The fourth-order valence-corrected chi connectivity index (χ4v) is 5.08. The smallest absolute Gasteiger partial charge is 0.403 e. The fourth-order valence-electron chi connectivity index (χ4n) is 5.08. The molecule has 1 heterocycles. The quantitative estimate of drug-likeness (QED) is 0.525. The van der Waals surface area contributed by atoms with Gasteiger partial charge in [0.25, 0.3) is 0 Å². The van der Waals surface area contributed by atoms with E-state index in [1.54, 1.807) is 19.4 Å². The van der Waals surface area contributed by atoms with E-state index in [4.69, 9.17) is 4.74 Å². The zero-order valence-corrected chi connectivity index (χ0v) is 19.7. The molecule has 2 aliphatic carbocycles. The van der Waals surface area contributed by atoms with Gasteiger partial charge in [0.2, 0.25) is 0 Å². The lowest BCUT2D eigenvalue weighted by Crippen LogP contribution is -2.39. The average Bonchev–Trinajstić information content (AvgIpc) is 2.90. The van der Waals surface area contributed by atoms with Gasteiger partial charge in [-0.15, -0.1) is 0 Å². The Kier molecular flexibility index (Phi) is 6.99. The maximum absolute atomic E-state index is 12.8. The van der Waals surface area contributed by atoms with Gasteiger partial charge >= 0.3 is 6.18 Å². The van der Waals surface area contributed by atoms with E-state index < -0.39 is 12.2 Å². The number of nitriles is 1. The molecule has 3 atom stereocenters. The number of nitrogens with zero attached hydrogens (tertiary/aromatic N) is 2. The van der Waals surface area contributed by atoms with E-state index in [1.165, 1.54) is 19.3 Å². The first-order chi connectivity index (χ1) is 16.2. The van der Waals surface area contributed by atoms with Crippen LogP contribution in [-0.2, 0) is 6.54 Å². The summed E-state index contributed by atoms with van der Waals surface area (Å²) >= 11 is 0. The normalized spacial score (nSPS) is 21.8. The number of allylic oxidation sites excluding steroid dienone is 2. The maximum atomic E-state index is 12.8. The van der Waals surface area contributed by atoms with Crippen LogP contribution in [0.15, 0.2) is 36.5 Å². The molecule has 0 radical (unpaired) electrons. The van der Waals surface area contributed by atoms with Crippen LogP contribution in [0.4, 0.5) is 13.2 Å². The number of hydrogen-bond acceptors (Lipinski definition) is 4. The summed E-state index contributed by atoms with van der Waals surface area (Å²) in [6.07, 6.45) is 1.69. The van der Waals surface area contributed by atoms with E-state index in [-0.39, 0.29) is 12.5 Å². The number of benzene rings is 1. The predicted octanol–water partition coefficient (Wildman–Crippen LogP) is 6.49. The fraction of sp³-hybridized carbons (Fsp3) is 0.481. The Labute approximate surface area is 198 Å². The molecule has 2 aliphatic rings. The van der Waals surface area contributed by atoms with Gasteiger partial charge < -0.3 is 10.1 Å². The van der Waals surface area contributed by atoms with Gasteiger partial charge in [-0.3, -0.25) is 4.98 Å². The Morgan fingerprint density at radius 1 is 1.24 bits per heavy atom. The van der Waals surface area contributed by atoms with Crippen molar-refractivity contribution in [2.24, 2.45) is 11.8 Å². The molecule has 0 saturated heterocycles. The molecule has 1 N–H and O–H groups in total. The Balaban J connectivity index is 1.70. The number of rotatable bonds is 6. The van der Waals surface area contributed by atoms with Crippen molar-refractivity contribution in [1.29, 1.82) is 5.26 Å². The van der Waals surface area contributed by atoms with Gasteiger partial charge in [-0.2, -0.15) is 18.4 Å². The second kappa shape index (κ2) is 9.79. The zero-order chi connectivity index (χ0) is 24.5. The number of methoxy groups -OCH3 is 1. The monoisotopic (exact) mass is 469 g/mol. The van der Waals surface area contributed by atoms with E-state index in [0.717, 1.165) is 35.8 Å². The number of nitrogens with one attached hydrogen (secondary N) is 1. The number of halogens is 3. The van der Waals surface area contributed by atoms with Crippen molar-refractivity contribution in [3.05, 3.63) is 58.9 Å². The van der Waals surface area contributed by atoms with Crippen LogP contribution in [0.25, 0.3) is 11.1 Å². The second-order valence-corrected chi connectivity index (χ2v) is 9.46. The third-order valence-electron chi connectivity index (χ3n) is 7.51. The topological polar surface area (TPSA) is 57.9 Å². The summed E-state index contributed by atoms with van der Waals surface area (Å²) < 4.78 is 43.9. The first-order valence-electron chi connectivity index (χ1n) is 11.8.